The lowest BCUT2D eigenvalue weighted by Gasteiger charge is -2.55. The van der Waals surface area contributed by atoms with Gasteiger partial charge in [0.25, 0.3) is 0 Å². The van der Waals surface area contributed by atoms with Crippen molar-refractivity contribution in [1.82, 2.24) is 5.32 Å². The number of aliphatic hydroxyl groups excluding tert-OH is 1. The Kier molecular flexibility index (Phi) is 14.8. The summed E-state index contributed by atoms with van der Waals surface area (Å²) in [5.41, 5.74) is -1.66. The van der Waals surface area contributed by atoms with Gasteiger partial charge < -0.3 is 44.3 Å². The quantitative estimate of drug-likeness (QED) is 0.134. The normalized spacial score (nSPS) is 43.2. The fourth-order valence-electron chi connectivity index (χ4n) is 11.0. The zero-order valence-corrected chi connectivity index (χ0v) is 37.5. The molecule has 1 unspecified atom stereocenters. The van der Waals surface area contributed by atoms with Crippen molar-refractivity contribution < 1.29 is 53.4 Å². The zero-order chi connectivity index (χ0) is 43.1. The number of aliphatic carboxylic acids is 1. The first-order chi connectivity index (χ1) is 27.1. The van der Waals surface area contributed by atoms with E-state index in [4.69, 9.17) is 23.7 Å². The second-order valence-electron chi connectivity index (χ2n) is 19.6. The van der Waals surface area contributed by atoms with Crippen molar-refractivity contribution in [2.45, 2.75) is 213 Å². The summed E-state index contributed by atoms with van der Waals surface area (Å²) in [6.45, 7) is 23.4. The monoisotopic (exact) mass is 820 g/mol. The van der Waals surface area contributed by atoms with Crippen molar-refractivity contribution in [2.75, 3.05) is 0 Å². The number of ether oxygens (including phenoxy) is 5. The summed E-state index contributed by atoms with van der Waals surface area (Å²) in [6, 6.07) is -0.607. The number of ketones is 1. The SMILES string of the molecule is CCC(C(=O)[C@@H](C)[C@@H](O)[C@H](C)[C@@H]1O[C@@H]([C@@H](CC)C(=O)O)CC[C@@H]1C)[C@H]1O[C@]2(C=C[C@@H](NC(=O)C(C)C)[C@]3(CC[C@@](C)([C@H]4CC[C@](O)(CC)[C@H](C)O4)O3)O2)[C@H](C)C[C@@H]1C. The predicted octanol–water partition coefficient (Wildman–Crippen LogP) is 6.97. The van der Waals surface area contributed by atoms with Gasteiger partial charge in [-0.15, -0.1) is 0 Å². The van der Waals surface area contributed by atoms with Crippen LogP contribution in [0.1, 0.15) is 147 Å². The maximum absolute atomic E-state index is 14.6. The predicted molar refractivity (Wildman–Crippen MR) is 219 cm³/mol. The van der Waals surface area contributed by atoms with E-state index in [0.717, 1.165) is 6.42 Å². The van der Waals surface area contributed by atoms with Crippen LogP contribution in [0.25, 0.3) is 0 Å². The van der Waals surface area contributed by atoms with Crippen LogP contribution in [0.3, 0.4) is 0 Å². The van der Waals surface area contributed by atoms with Gasteiger partial charge in [-0.3, -0.25) is 14.4 Å². The van der Waals surface area contributed by atoms with Gasteiger partial charge in [-0.1, -0.05) is 75.3 Å². The number of amides is 1. The Bertz CT molecular complexity index is 1490. The molecule has 4 fully saturated rings. The van der Waals surface area contributed by atoms with Gasteiger partial charge in [0.2, 0.25) is 5.91 Å². The molecule has 0 saturated carbocycles. The lowest BCUT2D eigenvalue weighted by atomic mass is 9.72. The number of hydrogen-bond donors (Lipinski definition) is 4. The number of carboxylic acids is 1. The molecule has 5 rings (SSSR count). The van der Waals surface area contributed by atoms with Crippen molar-refractivity contribution in [3.8, 4) is 0 Å². The van der Waals surface area contributed by atoms with Crippen LogP contribution in [-0.2, 0) is 38.1 Å². The first-order valence-corrected chi connectivity index (χ1v) is 22.7. The first kappa shape index (κ1) is 47.1. The molecule has 0 aliphatic carbocycles. The summed E-state index contributed by atoms with van der Waals surface area (Å²) in [7, 11) is 0. The summed E-state index contributed by atoms with van der Waals surface area (Å²) in [5.74, 6) is -6.20. The van der Waals surface area contributed by atoms with E-state index >= 15 is 0 Å². The molecule has 332 valence electrons. The van der Waals surface area contributed by atoms with Crippen LogP contribution in [0.4, 0.5) is 0 Å². The van der Waals surface area contributed by atoms with Crippen LogP contribution in [0.2, 0.25) is 0 Å². The Morgan fingerprint density at radius 2 is 1.53 bits per heavy atom. The topological polar surface area (TPSA) is 170 Å². The van der Waals surface area contributed by atoms with Crippen LogP contribution >= 0.6 is 0 Å². The number of aliphatic hydroxyl groups is 2. The van der Waals surface area contributed by atoms with E-state index in [1.807, 2.05) is 67.5 Å². The van der Waals surface area contributed by atoms with Crippen LogP contribution in [-0.4, -0.2) is 98.4 Å². The van der Waals surface area contributed by atoms with Crippen LogP contribution < -0.4 is 5.32 Å². The van der Waals surface area contributed by atoms with Crippen LogP contribution in [0, 0.1) is 47.3 Å². The van der Waals surface area contributed by atoms with Gasteiger partial charge in [0.15, 0.2) is 11.6 Å². The molecule has 12 heteroatoms. The van der Waals surface area contributed by atoms with Gasteiger partial charge in [-0.05, 0) is 89.5 Å². The Morgan fingerprint density at radius 1 is 0.862 bits per heavy atom. The summed E-state index contributed by atoms with van der Waals surface area (Å²) >= 11 is 0. The summed E-state index contributed by atoms with van der Waals surface area (Å²) < 4.78 is 34.4. The molecule has 58 heavy (non-hydrogen) atoms. The third kappa shape index (κ3) is 9.00. The molecule has 2 spiro atoms. The van der Waals surface area contributed by atoms with Crippen LogP contribution in [0.5, 0.6) is 0 Å². The zero-order valence-electron chi connectivity index (χ0n) is 37.5. The van der Waals surface area contributed by atoms with E-state index in [9.17, 15) is 29.7 Å². The van der Waals surface area contributed by atoms with Crippen molar-refractivity contribution in [1.29, 1.82) is 0 Å². The largest absolute Gasteiger partial charge is 0.481 e. The molecule has 4 saturated heterocycles. The highest BCUT2D eigenvalue weighted by Crippen LogP contribution is 2.54. The maximum atomic E-state index is 14.6. The molecule has 0 aromatic rings. The highest BCUT2D eigenvalue weighted by molar-refractivity contribution is 5.84. The van der Waals surface area contributed by atoms with Gasteiger partial charge in [0, 0.05) is 36.0 Å². The molecule has 1 amide bonds. The number of carbonyl (C=O) groups is 3. The van der Waals surface area contributed by atoms with Gasteiger partial charge in [-0.2, -0.15) is 0 Å². The van der Waals surface area contributed by atoms with Crippen molar-refractivity contribution in [3.63, 3.8) is 0 Å². The second-order valence-corrected chi connectivity index (χ2v) is 19.6. The molecule has 0 aromatic heterocycles. The van der Waals surface area contributed by atoms with Crippen molar-refractivity contribution >= 4 is 17.7 Å². The number of rotatable bonds is 14. The molecule has 4 N–H and O–H groups in total. The van der Waals surface area contributed by atoms with E-state index in [-0.39, 0.29) is 53.7 Å². The molecule has 5 heterocycles. The average molecular weight is 820 g/mol. The van der Waals surface area contributed by atoms with E-state index in [0.29, 0.717) is 57.8 Å². The standard InChI is InChI=1S/C46H77NO11/c1-13-32(42(51)52)34-17-16-26(6)39(55-34)30(10)37(48)29(9)38(49)33(14-2)40-27(7)24-28(8)45(56-40)21-18-35(47-41(50)25(4)5)46(58-45)23-22-43(12,57-46)36-19-20-44(53,15-3)31(11)54-36/h18,21,25-37,39-40,48,53H,13-17,19-20,22-24H2,1-12H3,(H,47,50)(H,51,52)/t26-,27-,28+,29-,30-,31-,32+,33?,34+,35+,36+,37+,39+,40-,43-,44+,45-,46-/m0/s1. The Balaban J connectivity index is 1.38. The fraction of sp³-hybridized carbons (Fsp3) is 0.891. The number of carbonyl (C=O) groups excluding carboxylic acids is 2. The molecule has 5 aliphatic heterocycles. The number of hydrogen-bond acceptors (Lipinski definition) is 10. The second kappa shape index (κ2) is 18.2. The van der Waals surface area contributed by atoms with E-state index in [1.165, 1.54) is 0 Å². The summed E-state index contributed by atoms with van der Waals surface area (Å²) in [4.78, 5) is 39.8. The minimum Gasteiger partial charge on any atom is -0.481 e. The lowest BCUT2D eigenvalue weighted by molar-refractivity contribution is -0.398. The molecular weight excluding hydrogens is 743 g/mol. The minimum absolute atomic E-state index is 0.00346. The Hall–Kier alpha value is -1.93. The molecule has 0 radical (unpaired) electrons. The molecule has 0 bridgehead atoms. The molecule has 18 atom stereocenters. The van der Waals surface area contributed by atoms with E-state index < -0.39 is 76.8 Å². The first-order valence-electron chi connectivity index (χ1n) is 22.7. The van der Waals surface area contributed by atoms with Gasteiger partial charge >= 0.3 is 5.97 Å². The fourth-order valence-corrected chi connectivity index (χ4v) is 11.0. The lowest BCUT2D eigenvalue weighted by Crippen LogP contribution is -2.66. The highest BCUT2D eigenvalue weighted by Gasteiger charge is 2.63. The van der Waals surface area contributed by atoms with Gasteiger partial charge in [0.1, 0.15) is 11.8 Å². The molecule has 5 aliphatic rings. The molecular formula is C46H77NO11. The summed E-state index contributed by atoms with van der Waals surface area (Å²) in [5, 5.41) is 36.0. The third-order valence-corrected chi connectivity index (χ3v) is 15.3. The van der Waals surface area contributed by atoms with Gasteiger partial charge in [0.05, 0.1) is 53.7 Å². The van der Waals surface area contributed by atoms with E-state index in [2.05, 4.69) is 26.1 Å². The van der Waals surface area contributed by atoms with Crippen LogP contribution in [0.15, 0.2) is 12.2 Å². The minimum atomic E-state index is -1.28. The smallest absolute Gasteiger partial charge is 0.309 e. The molecule has 0 aromatic carbocycles. The number of nitrogens with one attached hydrogen (secondary N) is 1. The molecule has 12 nitrogen and oxygen atoms in total. The Morgan fingerprint density at radius 3 is 2.12 bits per heavy atom. The summed E-state index contributed by atoms with van der Waals surface area (Å²) in [6.07, 6.45) is 6.80. The van der Waals surface area contributed by atoms with Gasteiger partial charge in [-0.25, -0.2) is 0 Å². The number of Topliss-reactive ketones (excluding diaryl/α,β-unsaturated/α-hetero) is 1. The highest BCUT2D eigenvalue weighted by atomic mass is 16.8. The average Bonchev–Trinajstić information content (AvgIpc) is 3.52. The van der Waals surface area contributed by atoms with Crippen molar-refractivity contribution in [3.05, 3.63) is 12.2 Å². The Labute approximate surface area is 347 Å². The third-order valence-electron chi connectivity index (χ3n) is 15.3. The number of carboxylic acid groups (broad SMARTS) is 1. The van der Waals surface area contributed by atoms with Crippen molar-refractivity contribution in [2.24, 2.45) is 47.3 Å². The van der Waals surface area contributed by atoms with E-state index in [1.54, 1.807) is 6.92 Å². The maximum Gasteiger partial charge on any atom is 0.309 e.